The number of aromatic nitrogens is 1. The minimum atomic E-state index is -1.39. The molecule has 0 aliphatic carbocycles. The molecular weight excluding hydrogens is 250 g/mol. The van der Waals surface area contributed by atoms with Gasteiger partial charge in [-0.05, 0) is 0 Å². The summed E-state index contributed by atoms with van der Waals surface area (Å²) in [6.07, 6.45) is 0.409. The molecule has 0 unspecified atom stereocenters. The highest BCUT2D eigenvalue weighted by Gasteiger charge is 2.17. The summed E-state index contributed by atoms with van der Waals surface area (Å²) >= 11 is 1.02. The highest BCUT2D eigenvalue weighted by Crippen LogP contribution is 2.15. The molecule has 0 aromatic carbocycles. The van der Waals surface area contributed by atoms with Gasteiger partial charge in [0, 0.05) is 12.3 Å². The maximum atomic E-state index is 10.8. The molecule has 0 saturated heterocycles. The van der Waals surface area contributed by atoms with Crippen LogP contribution in [0.5, 0.6) is 0 Å². The average molecular weight is 257 g/mol. The van der Waals surface area contributed by atoms with Crippen LogP contribution in [0, 0.1) is 0 Å². The monoisotopic (exact) mass is 257 g/mol. The number of carbonyl (C=O) groups is 3. The summed E-state index contributed by atoms with van der Waals surface area (Å²) in [7, 11) is 0. The van der Waals surface area contributed by atoms with Gasteiger partial charge in [0.1, 0.15) is 5.69 Å². The Morgan fingerprint density at radius 1 is 1.65 bits per heavy atom. The largest absolute Gasteiger partial charge is 0.476 e. The molecule has 0 fully saturated rings. The van der Waals surface area contributed by atoms with E-state index in [9.17, 15) is 14.4 Å². The second kappa shape index (κ2) is 5.70. The van der Waals surface area contributed by atoms with Gasteiger partial charge in [-0.15, -0.1) is 11.3 Å². The number of thiazole rings is 1. The van der Waals surface area contributed by atoms with Crippen LogP contribution in [-0.2, 0) is 19.2 Å². The lowest BCUT2D eigenvalue weighted by Gasteiger charge is -1.96. The number of amides is 1. The quantitative estimate of drug-likeness (QED) is 0.333. The number of hydrogen-bond donors (Lipinski definition) is 2. The predicted octanol–water partition coefficient (Wildman–Crippen LogP) is 0.0632. The summed E-state index contributed by atoms with van der Waals surface area (Å²) in [4.78, 5) is 39.5. The Morgan fingerprint density at radius 2 is 2.35 bits per heavy atom. The molecule has 0 bridgehead atoms. The Bertz CT molecular complexity index is 481. The van der Waals surface area contributed by atoms with Crippen molar-refractivity contribution in [1.29, 1.82) is 0 Å². The van der Waals surface area contributed by atoms with Crippen molar-refractivity contribution in [2.45, 2.75) is 6.92 Å². The Morgan fingerprint density at radius 3 is 2.88 bits per heavy atom. The smallest absolute Gasteiger partial charge is 0.360 e. The third-order valence-electron chi connectivity index (χ3n) is 1.40. The van der Waals surface area contributed by atoms with E-state index < -0.39 is 17.7 Å². The van der Waals surface area contributed by atoms with Crippen molar-refractivity contribution in [1.82, 2.24) is 4.98 Å². The number of carboxylic acid groups (broad SMARTS) is 1. The number of nitrogens with one attached hydrogen (secondary N) is 1. The topological polar surface area (TPSA) is 118 Å². The number of rotatable bonds is 5. The molecule has 0 aliphatic heterocycles. The van der Waals surface area contributed by atoms with E-state index in [2.05, 4.69) is 20.3 Å². The maximum Gasteiger partial charge on any atom is 0.360 e. The van der Waals surface area contributed by atoms with Crippen LogP contribution in [0.1, 0.15) is 12.6 Å². The van der Waals surface area contributed by atoms with Crippen LogP contribution in [0.2, 0.25) is 0 Å². The first-order valence-electron chi connectivity index (χ1n) is 4.19. The minimum absolute atomic E-state index is 0.00639. The zero-order valence-electron chi connectivity index (χ0n) is 8.54. The van der Waals surface area contributed by atoms with Crippen LogP contribution in [-0.4, -0.2) is 34.2 Å². The molecule has 2 N–H and O–H groups in total. The first kappa shape index (κ1) is 12.8. The normalized spacial score (nSPS) is 10.8. The van der Waals surface area contributed by atoms with Gasteiger partial charge in [0.05, 0.1) is 0 Å². The molecule has 17 heavy (non-hydrogen) atoms. The van der Waals surface area contributed by atoms with Crippen LogP contribution in [0.4, 0.5) is 5.13 Å². The molecule has 1 aromatic heterocycles. The predicted molar refractivity (Wildman–Crippen MR) is 57.7 cm³/mol. The molecule has 8 nitrogen and oxygen atoms in total. The first-order valence-corrected chi connectivity index (χ1v) is 5.07. The number of nitrogens with zero attached hydrogens (tertiary/aromatic N) is 2. The summed E-state index contributed by atoms with van der Waals surface area (Å²) in [5, 5.41) is 15.8. The molecule has 1 amide bonds. The third-order valence-corrected chi connectivity index (χ3v) is 2.17. The standard InChI is InChI=1S/C8H7N3O5S/c1-4(13)16-11-6(7(14)15)5-2-17-8(10-5)9-3-12/h2-3H,1H3,(H,14,15)(H,9,10,12). The number of oxime groups is 1. The number of anilines is 1. The van der Waals surface area contributed by atoms with Crippen molar-refractivity contribution >= 4 is 40.5 Å². The molecule has 90 valence electrons. The van der Waals surface area contributed by atoms with E-state index in [0.29, 0.717) is 6.41 Å². The maximum absolute atomic E-state index is 10.8. The third kappa shape index (κ3) is 3.65. The molecule has 9 heteroatoms. The van der Waals surface area contributed by atoms with Crippen LogP contribution in [0.15, 0.2) is 10.5 Å². The van der Waals surface area contributed by atoms with Crippen LogP contribution >= 0.6 is 11.3 Å². The van der Waals surface area contributed by atoms with Gasteiger partial charge < -0.3 is 15.3 Å². The highest BCUT2D eigenvalue weighted by atomic mass is 32.1. The van der Waals surface area contributed by atoms with Crippen molar-refractivity contribution in [3.8, 4) is 0 Å². The van der Waals surface area contributed by atoms with Crippen molar-refractivity contribution in [2.24, 2.45) is 5.16 Å². The van der Waals surface area contributed by atoms with Crippen molar-refractivity contribution in [3.63, 3.8) is 0 Å². The Labute approximate surface area is 98.9 Å². The summed E-state index contributed by atoms with van der Waals surface area (Å²) in [6, 6.07) is 0. The number of carbonyl (C=O) groups excluding carboxylic acids is 2. The van der Waals surface area contributed by atoms with Gasteiger partial charge in [0.15, 0.2) is 5.13 Å². The minimum Gasteiger partial charge on any atom is -0.476 e. The van der Waals surface area contributed by atoms with E-state index in [4.69, 9.17) is 5.11 Å². The van der Waals surface area contributed by atoms with Crippen molar-refractivity contribution in [2.75, 3.05) is 5.32 Å². The fourth-order valence-corrected chi connectivity index (χ4v) is 1.46. The summed E-state index contributed by atoms with van der Waals surface area (Å²) < 4.78 is 0. The Hall–Kier alpha value is -2.29. The van der Waals surface area contributed by atoms with Gasteiger partial charge in [-0.3, -0.25) is 4.79 Å². The summed E-state index contributed by atoms with van der Waals surface area (Å²) in [5.74, 6) is -2.14. The SMILES string of the molecule is CC(=O)ON=C(C(=O)O)c1csc(NC=O)n1. The average Bonchev–Trinajstić information content (AvgIpc) is 2.66. The van der Waals surface area contributed by atoms with E-state index in [1.807, 2.05) is 0 Å². The number of carboxylic acids is 1. The Kier molecular flexibility index (Phi) is 4.29. The van der Waals surface area contributed by atoms with E-state index in [0.717, 1.165) is 18.3 Å². The van der Waals surface area contributed by atoms with Gasteiger partial charge >= 0.3 is 11.9 Å². The van der Waals surface area contributed by atoms with E-state index in [1.54, 1.807) is 0 Å². The molecule has 0 aliphatic rings. The van der Waals surface area contributed by atoms with E-state index in [-0.39, 0.29) is 10.8 Å². The molecular formula is C8H7N3O5S. The summed E-state index contributed by atoms with van der Waals surface area (Å²) in [6.45, 7) is 1.09. The van der Waals surface area contributed by atoms with Gasteiger partial charge in [0.2, 0.25) is 12.1 Å². The number of aliphatic carboxylic acids is 1. The van der Waals surface area contributed by atoms with Gasteiger partial charge in [-0.2, -0.15) is 0 Å². The van der Waals surface area contributed by atoms with Crippen LogP contribution in [0.3, 0.4) is 0 Å². The Balaban J connectivity index is 2.97. The van der Waals surface area contributed by atoms with Gasteiger partial charge in [-0.25, -0.2) is 14.6 Å². The molecule has 0 saturated carbocycles. The lowest BCUT2D eigenvalue weighted by Crippen LogP contribution is -2.16. The fourth-order valence-electron chi connectivity index (χ4n) is 0.804. The number of hydrogen-bond acceptors (Lipinski definition) is 7. The zero-order chi connectivity index (χ0) is 12.8. The van der Waals surface area contributed by atoms with E-state index in [1.165, 1.54) is 5.38 Å². The van der Waals surface area contributed by atoms with Crippen LogP contribution in [0.25, 0.3) is 0 Å². The summed E-state index contributed by atoms with van der Waals surface area (Å²) in [5.41, 5.74) is -0.525. The van der Waals surface area contributed by atoms with E-state index >= 15 is 0 Å². The molecule has 0 spiro atoms. The fraction of sp³-hybridized carbons (Fsp3) is 0.125. The first-order chi connectivity index (χ1) is 8.04. The van der Waals surface area contributed by atoms with Crippen LogP contribution < -0.4 is 5.32 Å². The highest BCUT2D eigenvalue weighted by molar-refractivity contribution is 7.14. The van der Waals surface area contributed by atoms with Crippen molar-refractivity contribution in [3.05, 3.63) is 11.1 Å². The molecule has 1 aromatic rings. The molecule has 0 radical (unpaired) electrons. The molecule has 1 heterocycles. The van der Waals surface area contributed by atoms with Gasteiger partial charge in [-0.1, -0.05) is 5.16 Å². The second-order valence-electron chi connectivity index (χ2n) is 2.63. The second-order valence-corrected chi connectivity index (χ2v) is 3.49. The molecule has 0 atom stereocenters. The van der Waals surface area contributed by atoms with Gasteiger partial charge in [0.25, 0.3) is 0 Å². The van der Waals surface area contributed by atoms with Crippen molar-refractivity contribution < 1.29 is 24.3 Å². The lowest BCUT2D eigenvalue weighted by molar-refractivity contribution is -0.141. The zero-order valence-corrected chi connectivity index (χ0v) is 9.35. The lowest BCUT2D eigenvalue weighted by atomic mass is 10.3. The molecule has 1 rings (SSSR count).